The van der Waals surface area contributed by atoms with Crippen LogP contribution in [0.25, 0.3) is 0 Å². The van der Waals surface area contributed by atoms with Crippen molar-refractivity contribution in [2.45, 2.75) is 64.7 Å². The lowest BCUT2D eigenvalue weighted by Gasteiger charge is -2.30. The minimum atomic E-state index is -0.0384. The number of hydrogen-bond donors (Lipinski definition) is 1. The molecule has 0 bridgehead atoms. The Morgan fingerprint density at radius 1 is 1.16 bits per heavy atom. The maximum Gasteiger partial charge on any atom is 0.0967 e. The molecule has 1 aliphatic heterocycles. The fourth-order valence-corrected chi connectivity index (χ4v) is 3.29. The average Bonchev–Trinajstić information content (AvgIpc) is 2.89. The first-order valence-electron chi connectivity index (χ1n) is 9.29. The van der Waals surface area contributed by atoms with Crippen molar-refractivity contribution in [3.63, 3.8) is 0 Å². The molecule has 1 saturated heterocycles. The van der Waals surface area contributed by atoms with Crippen LogP contribution in [0.3, 0.4) is 0 Å². The van der Waals surface area contributed by atoms with E-state index in [-0.39, 0.29) is 5.54 Å². The first kappa shape index (κ1) is 18.0. The fourth-order valence-electron chi connectivity index (χ4n) is 3.29. The molecule has 2 aromatic heterocycles. The predicted octanol–water partition coefficient (Wildman–Crippen LogP) is 2.57. The molecule has 0 saturated carbocycles. The molecule has 3 heterocycles. The first-order chi connectivity index (χ1) is 12.0. The van der Waals surface area contributed by atoms with E-state index >= 15 is 0 Å². The van der Waals surface area contributed by atoms with Gasteiger partial charge in [0.1, 0.15) is 0 Å². The maximum atomic E-state index is 4.52. The molecule has 0 radical (unpaired) electrons. The number of hydrogen-bond acceptors (Lipinski definition) is 5. The molecule has 0 spiro atoms. The molecule has 0 aromatic carbocycles. The topological polar surface area (TPSA) is 58.9 Å². The van der Waals surface area contributed by atoms with E-state index in [0.29, 0.717) is 6.04 Å². The molecule has 1 N–H and O–H groups in total. The zero-order valence-electron chi connectivity index (χ0n) is 15.6. The zero-order valence-corrected chi connectivity index (χ0v) is 15.6. The van der Waals surface area contributed by atoms with Crippen molar-refractivity contribution in [2.24, 2.45) is 0 Å². The smallest absolute Gasteiger partial charge is 0.0967 e. The van der Waals surface area contributed by atoms with Gasteiger partial charge in [0.05, 0.1) is 23.1 Å². The molecule has 1 unspecified atom stereocenters. The standard InChI is InChI=1S/C19H30N6/c1-19(2,3)25-15-17(22-23-25)14-24(13-16-7-4-5-11-21-16)18-8-6-10-20-12-9-18/h4-5,7,11,15,18,20H,6,8-10,12-14H2,1-3H3. The Bertz CT molecular complexity index is 637. The van der Waals surface area contributed by atoms with Crippen molar-refractivity contribution in [2.75, 3.05) is 13.1 Å². The van der Waals surface area contributed by atoms with Gasteiger partial charge in [-0.05, 0) is 65.3 Å². The first-order valence-corrected chi connectivity index (χ1v) is 9.29. The van der Waals surface area contributed by atoms with Gasteiger partial charge in [-0.15, -0.1) is 5.10 Å². The number of aromatic nitrogens is 4. The van der Waals surface area contributed by atoms with Crippen LogP contribution < -0.4 is 5.32 Å². The van der Waals surface area contributed by atoms with Crippen LogP contribution in [-0.2, 0) is 18.6 Å². The lowest BCUT2D eigenvalue weighted by molar-refractivity contribution is 0.160. The fraction of sp³-hybridized carbons (Fsp3) is 0.632. The molecule has 6 nitrogen and oxygen atoms in total. The molecule has 1 aliphatic rings. The molecular weight excluding hydrogens is 312 g/mol. The van der Waals surface area contributed by atoms with Crippen LogP contribution >= 0.6 is 0 Å². The van der Waals surface area contributed by atoms with Crippen molar-refractivity contribution >= 4 is 0 Å². The van der Waals surface area contributed by atoms with Crippen molar-refractivity contribution in [3.05, 3.63) is 42.0 Å². The highest BCUT2D eigenvalue weighted by atomic mass is 15.4. The van der Waals surface area contributed by atoms with Gasteiger partial charge in [-0.1, -0.05) is 11.3 Å². The summed E-state index contributed by atoms with van der Waals surface area (Å²) in [6.07, 6.45) is 7.56. The summed E-state index contributed by atoms with van der Waals surface area (Å²) in [4.78, 5) is 7.04. The van der Waals surface area contributed by atoms with Crippen molar-refractivity contribution < 1.29 is 0 Å². The largest absolute Gasteiger partial charge is 0.317 e. The van der Waals surface area contributed by atoms with Crippen molar-refractivity contribution in [3.8, 4) is 0 Å². The van der Waals surface area contributed by atoms with E-state index in [2.05, 4.69) is 64.6 Å². The lowest BCUT2D eigenvalue weighted by Crippen LogP contribution is -2.35. The molecule has 3 rings (SSSR count). The van der Waals surface area contributed by atoms with Crippen LogP contribution in [0.5, 0.6) is 0 Å². The van der Waals surface area contributed by atoms with Crippen LogP contribution in [0.4, 0.5) is 0 Å². The zero-order chi connectivity index (χ0) is 17.7. The second-order valence-corrected chi connectivity index (χ2v) is 7.89. The van der Waals surface area contributed by atoms with Gasteiger partial charge in [0.25, 0.3) is 0 Å². The molecule has 1 fully saturated rings. The summed E-state index contributed by atoms with van der Waals surface area (Å²) >= 11 is 0. The highest BCUT2D eigenvalue weighted by Crippen LogP contribution is 2.19. The molecule has 136 valence electrons. The SMILES string of the molecule is CC(C)(C)n1cc(CN(Cc2ccccn2)C2CCCNCC2)nn1. The maximum absolute atomic E-state index is 4.52. The predicted molar refractivity (Wildman–Crippen MR) is 99.0 cm³/mol. The molecule has 2 aromatic rings. The minimum absolute atomic E-state index is 0.0384. The molecule has 1 atom stereocenters. The monoisotopic (exact) mass is 342 g/mol. The normalized spacial score (nSPS) is 19.1. The van der Waals surface area contributed by atoms with E-state index in [1.165, 1.54) is 19.3 Å². The van der Waals surface area contributed by atoms with E-state index < -0.39 is 0 Å². The van der Waals surface area contributed by atoms with Crippen LogP contribution in [0.1, 0.15) is 51.4 Å². The third-order valence-electron chi connectivity index (χ3n) is 4.75. The van der Waals surface area contributed by atoms with Crippen molar-refractivity contribution in [1.82, 2.24) is 30.2 Å². The Hall–Kier alpha value is -1.79. The number of nitrogens with one attached hydrogen (secondary N) is 1. The number of pyridine rings is 1. The third-order valence-corrected chi connectivity index (χ3v) is 4.75. The second kappa shape index (κ2) is 8.06. The van der Waals surface area contributed by atoms with Gasteiger partial charge in [0, 0.05) is 25.3 Å². The summed E-state index contributed by atoms with van der Waals surface area (Å²) in [6.45, 7) is 10.3. The second-order valence-electron chi connectivity index (χ2n) is 7.89. The number of rotatable bonds is 5. The van der Waals surface area contributed by atoms with Crippen LogP contribution in [0.15, 0.2) is 30.6 Å². The minimum Gasteiger partial charge on any atom is -0.317 e. The summed E-state index contributed by atoms with van der Waals surface area (Å²) < 4.78 is 1.95. The van der Waals surface area contributed by atoms with E-state index in [1.807, 2.05) is 16.9 Å². The third kappa shape index (κ3) is 5.09. The molecule has 6 heteroatoms. The molecule has 0 aliphatic carbocycles. The Morgan fingerprint density at radius 3 is 2.72 bits per heavy atom. The van der Waals surface area contributed by atoms with Crippen LogP contribution in [0, 0.1) is 0 Å². The average molecular weight is 342 g/mol. The van der Waals surface area contributed by atoms with Crippen LogP contribution in [-0.4, -0.2) is 44.0 Å². The van der Waals surface area contributed by atoms with Gasteiger partial charge >= 0.3 is 0 Å². The van der Waals surface area contributed by atoms with Gasteiger partial charge < -0.3 is 5.32 Å². The van der Waals surface area contributed by atoms with Crippen molar-refractivity contribution in [1.29, 1.82) is 0 Å². The van der Waals surface area contributed by atoms with E-state index in [0.717, 1.165) is 37.6 Å². The van der Waals surface area contributed by atoms with Crippen LogP contribution in [0.2, 0.25) is 0 Å². The van der Waals surface area contributed by atoms with E-state index in [4.69, 9.17) is 0 Å². The molecule has 25 heavy (non-hydrogen) atoms. The number of nitrogens with zero attached hydrogens (tertiary/aromatic N) is 5. The van der Waals surface area contributed by atoms with E-state index in [1.54, 1.807) is 0 Å². The Balaban J connectivity index is 1.76. The quantitative estimate of drug-likeness (QED) is 0.905. The summed E-state index contributed by atoms with van der Waals surface area (Å²) in [5.41, 5.74) is 2.11. The van der Waals surface area contributed by atoms with Gasteiger partial charge in [-0.3, -0.25) is 9.88 Å². The van der Waals surface area contributed by atoms with Gasteiger partial charge in [-0.2, -0.15) is 0 Å². The molecule has 0 amide bonds. The summed E-state index contributed by atoms with van der Waals surface area (Å²) in [7, 11) is 0. The summed E-state index contributed by atoms with van der Waals surface area (Å²) in [6, 6.07) is 6.69. The van der Waals surface area contributed by atoms with E-state index in [9.17, 15) is 0 Å². The van der Waals surface area contributed by atoms with Gasteiger partial charge in [0.2, 0.25) is 0 Å². The lowest BCUT2D eigenvalue weighted by atomic mass is 10.1. The highest BCUT2D eigenvalue weighted by molar-refractivity contribution is 5.05. The Kier molecular flexibility index (Phi) is 5.81. The summed E-state index contributed by atoms with van der Waals surface area (Å²) in [5, 5.41) is 12.3. The Labute approximate surface area is 150 Å². The van der Waals surface area contributed by atoms with Gasteiger partial charge in [-0.25, -0.2) is 4.68 Å². The molecular formula is C19H30N6. The highest BCUT2D eigenvalue weighted by Gasteiger charge is 2.23. The van der Waals surface area contributed by atoms with Gasteiger partial charge in [0.15, 0.2) is 0 Å². The Morgan fingerprint density at radius 2 is 2.00 bits per heavy atom. The summed E-state index contributed by atoms with van der Waals surface area (Å²) in [5.74, 6) is 0.